The second-order valence-electron chi connectivity index (χ2n) is 7.06. The molecule has 0 spiro atoms. The molecule has 0 fully saturated rings. The maximum atomic E-state index is 13.3. The summed E-state index contributed by atoms with van der Waals surface area (Å²) < 4.78 is 7.58. The summed E-state index contributed by atoms with van der Waals surface area (Å²) in [5.41, 5.74) is 0.613. The summed E-state index contributed by atoms with van der Waals surface area (Å²) in [6.45, 7) is -0.115. The lowest BCUT2D eigenvalue weighted by Gasteiger charge is -2.14. The van der Waals surface area contributed by atoms with Crippen LogP contribution in [-0.4, -0.2) is 22.0 Å². The number of methoxy groups -OCH3 is 1. The van der Waals surface area contributed by atoms with E-state index in [-0.39, 0.29) is 24.3 Å². The van der Waals surface area contributed by atoms with Crippen LogP contribution in [-0.2, 0) is 13.1 Å². The molecule has 0 radical (unpaired) electrons. The van der Waals surface area contributed by atoms with E-state index in [1.54, 1.807) is 43.5 Å². The predicted molar refractivity (Wildman–Crippen MR) is 120 cm³/mol. The molecule has 0 saturated heterocycles. The highest BCUT2D eigenvalue weighted by atomic mass is 35.5. The molecular weight excluding hydrogens is 416 g/mol. The molecule has 31 heavy (non-hydrogen) atoms. The normalized spacial score (nSPS) is 10.9. The van der Waals surface area contributed by atoms with Gasteiger partial charge in [0.25, 0.3) is 5.56 Å². The quantitative estimate of drug-likeness (QED) is 0.433. The van der Waals surface area contributed by atoms with Gasteiger partial charge in [-0.1, -0.05) is 41.9 Å². The molecule has 0 aliphatic rings. The van der Waals surface area contributed by atoms with E-state index in [2.05, 4.69) is 0 Å². The number of halogens is 1. The van der Waals surface area contributed by atoms with Gasteiger partial charge in [0, 0.05) is 10.6 Å². The Kier molecular flexibility index (Phi) is 5.73. The molecule has 4 aromatic rings. The zero-order valence-corrected chi connectivity index (χ0v) is 17.5. The van der Waals surface area contributed by atoms with E-state index in [0.29, 0.717) is 21.9 Å². The Morgan fingerprint density at radius 2 is 1.65 bits per heavy atom. The number of hydrogen-bond donors (Lipinski definition) is 0. The highest BCUT2D eigenvalue weighted by Gasteiger charge is 2.17. The van der Waals surface area contributed by atoms with Crippen molar-refractivity contribution in [3.05, 3.63) is 110 Å². The largest absolute Gasteiger partial charge is 0.497 e. The number of carbonyl (C=O) groups is 1. The lowest BCUT2D eigenvalue weighted by Crippen LogP contribution is -2.41. The third-order valence-electron chi connectivity index (χ3n) is 5.08. The van der Waals surface area contributed by atoms with Crippen molar-refractivity contribution in [2.75, 3.05) is 7.11 Å². The fourth-order valence-corrected chi connectivity index (χ4v) is 3.64. The van der Waals surface area contributed by atoms with Crippen molar-refractivity contribution in [1.29, 1.82) is 0 Å². The number of rotatable bonds is 6. The zero-order valence-electron chi connectivity index (χ0n) is 16.7. The predicted octanol–water partition coefficient (Wildman–Crippen LogP) is 3.76. The van der Waals surface area contributed by atoms with Crippen LogP contribution >= 0.6 is 11.6 Å². The molecule has 0 amide bonds. The van der Waals surface area contributed by atoms with Crippen LogP contribution in [0.2, 0.25) is 5.02 Å². The zero-order chi connectivity index (χ0) is 22.0. The third kappa shape index (κ3) is 4.15. The van der Waals surface area contributed by atoms with Crippen molar-refractivity contribution in [3.8, 4) is 5.75 Å². The number of Topliss-reactive ketones (excluding diaryl/α,β-unsaturated/α-hetero) is 1. The van der Waals surface area contributed by atoms with E-state index in [9.17, 15) is 14.4 Å². The standard InChI is InChI=1S/C24H19ClN2O4/c1-31-19-10-7-17(8-11-19)22(28)15-26-21-12-9-18(25)13-20(21)23(29)27(24(26)30)14-16-5-3-2-4-6-16/h2-13H,14-15H2,1H3. The number of carbonyl (C=O) groups excluding carboxylic acids is 1. The number of ketones is 1. The topological polar surface area (TPSA) is 70.3 Å². The molecule has 0 aliphatic heterocycles. The van der Waals surface area contributed by atoms with E-state index in [4.69, 9.17) is 16.3 Å². The molecule has 3 aromatic carbocycles. The van der Waals surface area contributed by atoms with Gasteiger partial charge < -0.3 is 4.74 Å². The Bertz CT molecular complexity index is 1370. The first-order chi connectivity index (χ1) is 15.0. The van der Waals surface area contributed by atoms with E-state index in [1.807, 2.05) is 30.3 Å². The van der Waals surface area contributed by atoms with Crippen molar-refractivity contribution in [3.63, 3.8) is 0 Å². The van der Waals surface area contributed by atoms with Gasteiger partial charge in [-0.05, 0) is 48.0 Å². The van der Waals surface area contributed by atoms with Crippen LogP contribution < -0.4 is 16.0 Å². The molecule has 6 nitrogen and oxygen atoms in total. The summed E-state index contributed by atoms with van der Waals surface area (Å²) in [5.74, 6) is 0.371. The second-order valence-corrected chi connectivity index (χ2v) is 7.50. The molecule has 0 aliphatic carbocycles. The summed E-state index contributed by atoms with van der Waals surface area (Å²) in [5, 5.41) is 0.660. The average Bonchev–Trinajstić information content (AvgIpc) is 2.80. The molecule has 1 heterocycles. The molecule has 1 aromatic heterocycles. The molecule has 0 bridgehead atoms. The van der Waals surface area contributed by atoms with E-state index in [0.717, 1.165) is 10.1 Å². The number of aromatic nitrogens is 2. The molecule has 0 N–H and O–H groups in total. The van der Waals surface area contributed by atoms with Gasteiger partial charge in [-0.2, -0.15) is 0 Å². The molecule has 0 saturated carbocycles. The lowest BCUT2D eigenvalue weighted by atomic mass is 10.1. The van der Waals surface area contributed by atoms with Crippen molar-refractivity contribution in [2.24, 2.45) is 0 Å². The van der Waals surface area contributed by atoms with Crippen LogP contribution in [0.25, 0.3) is 10.9 Å². The van der Waals surface area contributed by atoms with Crippen molar-refractivity contribution >= 4 is 28.3 Å². The van der Waals surface area contributed by atoms with Gasteiger partial charge >= 0.3 is 5.69 Å². The summed E-state index contributed by atoms with van der Waals surface area (Å²) >= 11 is 6.11. The van der Waals surface area contributed by atoms with Crippen molar-refractivity contribution in [1.82, 2.24) is 9.13 Å². The van der Waals surface area contributed by atoms with Crippen molar-refractivity contribution < 1.29 is 9.53 Å². The molecule has 0 atom stereocenters. The minimum atomic E-state index is -0.550. The molecule has 4 rings (SSSR count). The van der Waals surface area contributed by atoms with Crippen LogP contribution in [0, 0.1) is 0 Å². The van der Waals surface area contributed by atoms with Crippen LogP contribution in [0.1, 0.15) is 15.9 Å². The number of benzene rings is 3. The number of fused-ring (bicyclic) bond motifs is 1. The van der Waals surface area contributed by atoms with Crippen LogP contribution in [0.4, 0.5) is 0 Å². The Balaban J connectivity index is 1.84. The number of hydrogen-bond acceptors (Lipinski definition) is 4. The number of ether oxygens (including phenoxy) is 1. The lowest BCUT2D eigenvalue weighted by molar-refractivity contribution is 0.0971. The van der Waals surface area contributed by atoms with Gasteiger partial charge in [-0.3, -0.25) is 18.7 Å². The first kappa shape index (κ1) is 20.6. The van der Waals surface area contributed by atoms with Gasteiger partial charge in [0.1, 0.15) is 5.75 Å². The highest BCUT2D eigenvalue weighted by Crippen LogP contribution is 2.17. The Morgan fingerprint density at radius 3 is 2.32 bits per heavy atom. The monoisotopic (exact) mass is 434 g/mol. The average molecular weight is 435 g/mol. The fourth-order valence-electron chi connectivity index (χ4n) is 3.47. The van der Waals surface area contributed by atoms with Gasteiger partial charge in [0.15, 0.2) is 5.78 Å². The smallest absolute Gasteiger partial charge is 0.332 e. The van der Waals surface area contributed by atoms with Gasteiger partial charge in [0.2, 0.25) is 0 Å². The Morgan fingerprint density at radius 1 is 0.935 bits per heavy atom. The van der Waals surface area contributed by atoms with E-state index < -0.39 is 11.2 Å². The van der Waals surface area contributed by atoms with Gasteiger partial charge in [-0.25, -0.2) is 4.79 Å². The maximum absolute atomic E-state index is 13.3. The summed E-state index contributed by atoms with van der Waals surface area (Å²) in [6.07, 6.45) is 0. The SMILES string of the molecule is COc1ccc(C(=O)Cn2c(=O)n(Cc3ccccc3)c(=O)c3cc(Cl)ccc32)cc1. The van der Waals surface area contributed by atoms with E-state index >= 15 is 0 Å². The van der Waals surface area contributed by atoms with Crippen LogP contribution in [0.15, 0.2) is 82.4 Å². The second kappa shape index (κ2) is 8.62. The fraction of sp³-hybridized carbons (Fsp3) is 0.125. The molecule has 7 heteroatoms. The Hall–Kier alpha value is -3.64. The molecular formula is C24H19ClN2O4. The van der Waals surface area contributed by atoms with Crippen LogP contribution in [0.3, 0.4) is 0 Å². The van der Waals surface area contributed by atoms with Crippen molar-refractivity contribution in [2.45, 2.75) is 13.1 Å². The Labute approximate surface area is 182 Å². The minimum absolute atomic E-state index is 0.0949. The van der Waals surface area contributed by atoms with Crippen LogP contribution in [0.5, 0.6) is 5.75 Å². The third-order valence-corrected chi connectivity index (χ3v) is 5.32. The molecule has 156 valence electrons. The maximum Gasteiger partial charge on any atom is 0.332 e. The first-order valence-corrected chi connectivity index (χ1v) is 10.00. The van der Waals surface area contributed by atoms with Gasteiger partial charge in [0.05, 0.1) is 31.1 Å². The highest BCUT2D eigenvalue weighted by molar-refractivity contribution is 6.31. The minimum Gasteiger partial charge on any atom is -0.497 e. The summed E-state index contributed by atoms with van der Waals surface area (Å²) in [6, 6.07) is 20.6. The van der Waals surface area contributed by atoms with E-state index in [1.165, 1.54) is 10.6 Å². The first-order valence-electron chi connectivity index (χ1n) is 9.62. The molecule has 0 unspecified atom stereocenters. The summed E-state index contributed by atoms with van der Waals surface area (Å²) in [7, 11) is 1.55. The van der Waals surface area contributed by atoms with Gasteiger partial charge in [-0.15, -0.1) is 0 Å². The summed E-state index contributed by atoms with van der Waals surface area (Å²) in [4.78, 5) is 39.3. The number of nitrogens with zero attached hydrogens (tertiary/aromatic N) is 2.